The van der Waals surface area contributed by atoms with E-state index in [1.807, 2.05) is 0 Å². The third-order valence-corrected chi connectivity index (χ3v) is 7.37. The van der Waals surface area contributed by atoms with E-state index in [4.69, 9.17) is 4.74 Å². The molecule has 0 unspecified atom stereocenters. The van der Waals surface area contributed by atoms with Gasteiger partial charge in [0.15, 0.2) is 9.84 Å². The van der Waals surface area contributed by atoms with Crippen molar-refractivity contribution in [2.24, 2.45) is 5.92 Å². The lowest BCUT2D eigenvalue weighted by atomic mass is 9.95. The number of sulfone groups is 1. The van der Waals surface area contributed by atoms with Gasteiger partial charge in [-0.2, -0.15) is 13.2 Å². The van der Waals surface area contributed by atoms with Crippen molar-refractivity contribution in [3.8, 4) is 0 Å². The highest BCUT2D eigenvalue weighted by Gasteiger charge is 2.48. The molecule has 2 aliphatic carbocycles. The lowest BCUT2D eigenvalue weighted by molar-refractivity contribution is -0.149. The number of hydrogen-bond donors (Lipinski definition) is 1. The maximum atomic E-state index is 13.2. The summed E-state index contributed by atoms with van der Waals surface area (Å²) in [5, 5.41) is 8.16. The second kappa shape index (κ2) is 6.84. The van der Waals surface area contributed by atoms with Crippen LogP contribution in [0.5, 0.6) is 0 Å². The molecule has 144 valence electrons. The number of carboxylic acid groups (broad SMARTS) is 1. The Labute approximate surface area is 149 Å². The highest BCUT2D eigenvalue weighted by atomic mass is 32.2. The van der Waals surface area contributed by atoms with E-state index in [1.165, 1.54) is 6.07 Å². The maximum Gasteiger partial charge on any atom is 0.417 e. The van der Waals surface area contributed by atoms with Gasteiger partial charge in [0, 0.05) is 0 Å². The van der Waals surface area contributed by atoms with Gasteiger partial charge < -0.3 is 9.84 Å². The Morgan fingerprint density at radius 1 is 1.15 bits per heavy atom. The number of carboxylic acids is 1. The molecule has 0 saturated heterocycles. The van der Waals surface area contributed by atoms with E-state index in [9.17, 15) is 31.5 Å². The van der Waals surface area contributed by atoms with Crippen LogP contribution in [0.1, 0.15) is 37.7 Å². The van der Waals surface area contributed by atoms with Crippen molar-refractivity contribution in [1.82, 2.24) is 0 Å². The van der Waals surface area contributed by atoms with Gasteiger partial charge in [-0.1, -0.05) is 12.1 Å². The second-order valence-electron chi connectivity index (χ2n) is 6.80. The Kier molecular flexibility index (Phi) is 5.04. The number of carbonyl (C=O) groups is 1. The molecule has 2 fully saturated rings. The van der Waals surface area contributed by atoms with Gasteiger partial charge in [-0.25, -0.2) is 8.42 Å². The van der Waals surface area contributed by atoms with Crippen LogP contribution in [0.3, 0.4) is 0 Å². The maximum absolute atomic E-state index is 13.2. The molecular formula is C17H19F3O5S. The third kappa shape index (κ3) is 3.59. The highest BCUT2D eigenvalue weighted by molar-refractivity contribution is 7.92. The zero-order chi connectivity index (χ0) is 19.1. The van der Waals surface area contributed by atoms with E-state index >= 15 is 0 Å². The summed E-state index contributed by atoms with van der Waals surface area (Å²) in [5.74, 6) is -2.22. The first kappa shape index (κ1) is 19.2. The fourth-order valence-electron chi connectivity index (χ4n) is 3.50. The molecule has 3 atom stereocenters. The Balaban J connectivity index is 1.89. The number of hydrogen-bond acceptors (Lipinski definition) is 4. The number of rotatable bonds is 5. The van der Waals surface area contributed by atoms with E-state index in [0.717, 1.165) is 37.5 Å². The van der Waals surface area contributed by atoms with Crippen molar-refractivity contribution in [2.75, 3.05) is 0 Å². The van der Waals surface area contributed by atoms with E-state index in [1.54, 1.807) is 0 Å². The second-order valence-corrected chi connectivity index (χ2v) is 9.00. The normalized spacial score (nSPS) is 27.3. The molecule has 1 N–H and O–H groups in total. The summed E-state index contributed by atoms with van der Waals surface area (Å²) >= 11 is 0. The van der Waals surface area contributed by atoms with Gasteiger partial charge in [0.05, 0.1) is 33.8 Å². The molecule has 0 amide bonds. The van der Waals surface area contributed by atoms with Gasteiger partial charge in [-0.3, -0.25) is 4.79 Å². The smallest absolute Gasteiger partial charge is 0.417 e. The average Bonchev–Trinajstić information content (AvgIpc) is 2.95. The molecule has 0 heterocycles. The number of halogens is 3. The van der Waals surface area contributed by atoms with Crippen LogP contribution in [0.15, 0.2) is 29.2 Å². The molecule has 1 aromatic rings. The average molecular weight is 392 g/mol. The van der Waals surface area contributed by atoms with Gasteiger partial charge in [-0.15, -0.1) is 0 Å². The van der Waals surface area contributed by atoms with E-state index in [2.05, 4.69) is 0 Å². The Morgan fingerprint density at radius 2 is 1.81 bits per heavy atom. The molecule has 1 aromatic carbocycles. The standard InChI is InChI=1S/C17H19F3O5S/c18-17(19,20)13-6-1-2-7-15(13)26(23,24)11-8-12(16(21)22)14(9-11)25-10-4-3-5-10/h1-2,6-7,10-12,14H,3-5,8-9H2,(H,21,22)/t11-,12-,14-/m0/s1. The van der Waals surface area contributed by atoms with Gasteiger partial charge in [-0.05, 0) is 44.2 Å². The Hall–Kier alpha value is -1.61. The third-order valence-electron chi connectivity index (χ3n) is 5.14. The predicted molar refractivity (Wildman–Crippen MR) is 85.3 cm³/mol. The summed E-state index contributed by atoms with van der Waals surface area (Å²) < 4.78 is 71.0. The first-order valence-corrected chi connectivity index (χ1v) is 9.93. The molecule has 26 heavy (non-hydrogen) atoms. The summed E-state index contributed by atoms with van der Waals surface area (Å²) in [6.45, 7) is 0. The van der Waals surface area contributed by atoms with E-state index in [-0.39, 0.29) is 18.9 Å². The molecule has 3 rings (SSSR count). The number of alkyl halides is 3. The Bertz CT molecular complexity index is 786. The fourth-order valence-corrected chi connectivity index (χ4v) is 5.52. The van der Waals surface area contributed by atoms with Gasteiger partial charge in [0.2, 0.25) is 0 Å². The quantitative estimate of drug-likeness (QED) is 0.832. The van der Waals surface area contributed by atoms with Crippen molar-refractivity contribution < 1.29 is 36.2 Å². The molecule has 9 heteroatoms. The van der Waals surface area contributed by atoms with Crippen LogP contribution < -0.4 is 0 Å². The van der Waals surface area contributed by atoms with E-state index in [0.29, 0.717) is 0 Å². The van der Waals surface area contributed by atoms with Crippen LogP contribution >= 0.6 is 0 Å². The summed E-state index contributed by atoms with van der Waals surface area (Å²) in [6.07, 6.45) is -3.51. The van der Waals surface area contributed by atoms with Crippen LogP contribution in [0.2, 0.25) is 0 Å². The molecule has 0 bridgehead atoms. The van der Waals surface area contributed by atoms with Crippen molar-refractivity contribution in [1.29, 1.82) is 0 Å². The van der Waals surface area contributed by atoms with Crippen LogP contribution in [-0.4, -0.2) is 37.0 Å². The van der Waals surface area contributed by atoms with Gasteiger partial charge in [0.1, 0.15) is 0 Å². The predicted octanol–water partition coefficient (Wildman–Crippen LogP) is 3.28. The summed E-state index contributed by atoms with van der Waals surface area (Å²) in [5.41, 5.74) is -1.23. The molecule has 0 aliphatic heterocycles. The Morgan fingerprint density at radius 3 is 2.35 bits per heavy atom. The number of aliphatic carboxylic acids is 1. The van der Waals surface area contributed by atoms with Crippen molar-refractivity contribution in [3.05, 3.63) is 29.8 Å². The SMILES string of the molecule is O=C(O)[C@H]1C[C@H](S(=O)(=O)c2ccccc2C(F)(F)F)C[C@@H]1OC1CCC1. The van der Waals surface area contributed by atoms with Gasteiger partial charge >= 0.3 is 12.1 Å². The molecule has 0 aromatic heterocycles. The molecule has 2 aliphatic rings. The van der Waals surface area contributed by atoms with Crippen molar-refractivity contribution in [2.45, 2.75) is 60.6 Å². The minimum atomic E-state index is -4.81. The van der Waals surface area contributed by atoms with Crippen LogP contribution in [0, 0.1) is 5.92 Å². The van der Waals surface area contributed by atoms with Gasteiger partial charge in [0.25, 0.3) is 0 Å². The van der Waals surface area contributed by atoms with Crippen LogP contribution in [-0.2, 0) is 25.5 Å². The van der Waals surface area contributed by atoms with Crippen molar-refractivity contribution in [3.63, 3.8) is 0 Å². The monoisotopic (exact) mass is 392 g/mol. The lowest BCUT2D eigenvalue weighted by Gasteiger charge is -2.30. The van der Waals surface area contributed by atoms with Crippen molar-refractivity contribution >= 4 is 15.8 Å². The largest absolute Gasteiger partial charge is 0.481 e. The fraction of sp³-hybridized carbons (Fsp3) is 0.588. The number of ether oxygens (including phenoxy) is 1. The number of benzene rings is 1. The van der Waals surface area contributed by atoms with Crippen LogP contribution in [0.25, 0.3) is 0 Å². The first-order valence-electron chi connectivity index (χ1n) is 8.39. The summed E-state index contributed by atoms with van der Waals surface area (Å²) in [6, 6.07) is 4.00. The lowest BCUT2D eigenvalue weighted by Crippen LogP contribution is -2.33. The topological polar surface area (TPSA) is 80.7 Å². The summed E-state index contributed by atoms with van der Waals surface area (Å²) in [7, 11) is -4.34. The molecule has 0 spiro atoms. The molecule has 2 saturated carbocycles. The molecule has 5 nitrogen and oxygen atoms in total. The summed E-state index contributed by atoms with van der Waals surface area (Å²) in [4.78, 5) is 10.7. The molecular weight excluding hydrogens is 373 g/mol. The highest BCUT2D eigenvalue weighted by Crippen LogP contribution is 2.41. The zero-order valence-electron chi connectivity index (χ0n) is 13.8. The zero-order valence-corrected chi connectivity index (χ0v) is 14.6. The van der Waals surface area contributed by atoms with Crippen LogP contribution in [0.4, 0.5) is 13.2 Å². The minimum Gasteiger partial charge on any atom is -0.481 e. The van der Waals surface area contributed by atoms with E-state index < -0.39 is 49.7 Å². The molecule has 0 radical (unpaired) electrons. The first-order chi connectivity index (χ1) is 12.1. The minimum absolute atomic E-state index is 0.0919.